The average molecular weight is 394 g/mol. The molecule has 3 heterocycles. The van der Waals surface area contributed by atoms with E-state index in [-0.39, 0.29) is 11.8 Å². The highest BCUT2D eigenvalue weighted by Crippen LogP contribution is 2.26. The van der Waals surface area contributed by atoms with Crippen molar-refractivity contribution in [3.8, 4) is 11.3 Å². The highest BCUT2D eigenvalue weighted by Gasteiger charge is 2.27. The van der Waals surface area contributed by atoms with Gasteiger partial charge in [0.05, 0.1) is 22.3 Å². The van der Waals surface area contributed by atoms with Crippen molar-refractivity contribution in [3.63, 3.8) is 0 Å². The predicted octanol–water partition coefficient (Wildman–Crippen LogP) is 4.05. The van der Waals surface area contributed by atoms with E-state index < -0.39 is 0 Å². The van der Waals surface area contributed by atoms with Gasteiger partial charge in [-0.25, -0.2) is 0 Å². The van der Waals surface area contributed by atoms with Crippen molar-refractivity contribution in [2.45, 2.75) is 12.8 Å². The van der Waals surface area contributed by atoms with Crippen molar-refractivity contribution in [1.82, 2.24) is 15.2 Å². The van der Waals surface area contributed by atoms with Crippen LogP contribution in [0.5, 0.6) is 0 Å². The van der Waals surface area contributed by atoms with E-state index in [1.807, 2.05) is 42.5 Å². The number of hydrogen-bond acceptors (Lipinski definition) is 5. The molecule has 0 spiro atoms. The maximum atomic E-state index is 12.7. The van der Waals surface area contributed by atoms with E-state index in [2.05, 4.69) is 25.4 Å². The van der Waals surface area contributed by atoms with Crippen LogP contribution < -0.4 is 10.2 Å². The summed E-state index contributed by atoms with van der Waals surface area (Å²) in [4.78, 5) is 18.8. The van der Waals surface area contributed by atoms with Gasteiger partial charge in [-0.3, -0.25) is 9.78 Å². The van der Waals surface area contributed by atoms with Crippen molar-refractivity contribution < 1.29 is 4.79 Å². The second-order valence-electron chi connectivity index (χ2n) is 6.77. The number of rotatable bonds is 4. The molecule has 1 fully saturated rings. The monoisotopic (exact) mass is 393 g/mol. The second kappa shape index (κ2) is 8.35. The van der Waals surface area contributed by atoms with Crippen LogP contribution in [0.25, 0.3) is 11.3 Å². The first-order valence-electron chi connectivity index (χ1n) is 9.25. The zero-order valence-corrected chi connectivity index (χ0v) is 16.0. The van der Waals surface area contributed by atoms with Gasteiger partial charge >= 0.3 is 0 Å². The molecule has 1 saturated heterocycles. The summed E-state index contributed by atoms with van der Waals surface area (Å²) in [5.74, 6) is 0.652. The normalized spacial score (nSPS) is 16.6. The molecule has 1 aromatic carbocycles. The van der Waals surface area contributed by atoms with E-state index in [0.717, 1.165) is 36.5 Å². The fraction of sp³-hybridized carbons (Fsp3) is 0.238. The van der Waals surface area contributed by atoms with Gasteiger partial charge in [0.1, 0.15) is 0 Å². The lowest BCUT2D eigenvalue weighted by molar-refractivity contribution is -0.120. The fourth-order valence-corrected chi connectivity index (χ4v) is 3.55. The SMILES string of the molecule is O=C(Nc1ccccc1Cl)C1CCCN(c2ccc(-c3ccncc3)nn2)C1. The molecule has 0 aliphatic carbocycles. The van der Waals surface area contributed by atoms with Gasteiger partial charge in [0, 0.05) is 31.0 Å². The van der Waals surface area contributed by atoms with Crippen LogP contribution >= 0.6 is 11.6 Å². The third-order valence-electron chi connectivity index (χ3n) is 4.87. The Morgan fingerprint density at radius 3 is 2.64 bits per heavy atom. The van der Waals surface area contributed by atoms with Crippen LogP contribution in [0.15, 0.2) is 60.9 Å². The first-order chi connectivity index (χ1) is 13.7. The maximum Gasteiger partial charge on any atom is 0.229 e. The minimum absolute atomic E-state index is 0.0147. The first kappa shape index (κ1) is 18.4. The molecule has 1 amide bonds. The number of halogens is 1. The van der Waals surface area contributed by atoms with E-state index in [4.69, 9.17) is 11.6 Å². The number of nitrogens with zero attached hydrogens (tertiary/aromatic N) is 4. The summed E-state index contributed by atoms with van der Waals surface area (Å²) in [5, 5.41) is 12.2. The van der Waals surface area contributed by atoms with Crippen LogP contribution in [0.3, 0.4) is 0 Å². The van der Waals surface area contributed by atoms with Gasteiger partial charge in [-0.2, -0.15) is 0 Å². The van der Waals surface area contributed by atoms with Crippen LogP contribution in [-0.4, -0.2) is 34.2 Å². The number of carbonyl (C=O) groups excluding carboxylic acids is 1. The molecule has 1 atom stereocenters. The van der Waals surface area contributed by atoms with Gasteiger partial charge in [-0.05, 0) is 49.2 Å². The lowest BCUT2D eigenvalue weighted by atomic mass is 9.97. The smallest absolute Gasteiger partial charge is 0.229 e. The molecule has 3 aromatic rings. The van der Waals surface area contributed by atoms with E-state index in [9.17, 15) is 4.79 Å². The Morgan fingerprint density at radius 2 is 1.89 bits per heavy atom. The van der Waals surface area contributed by atoms with Crippen LogP contribution in [0.2, 0.25) is 5.02 Å². The molecule has 2 aromatic heterocycles. The summed E-state index contributed by atoms with van der Waals surface area (Å²) in [6.07, 6.45) is 5.24. The predicted molar refractivity (Wildman–Crippen MR) is 110 cm³/mol. The second-order valence-corrected chi connectivity index (χ2v) is 7.17. The van der Waals surface area contributed by atoms with Gasteiger partial charge in [-0.15, -0.1) is 10.2 Å². The van der Waals surface area contributed by atoms with E-state index in [1.165, 1.54) is 0 Å². The number of benzene rings is 1. The molecule has 28 heavy (non-hydrogen) atoms. The number of anilines is 2. The number of aromatic nitrogens is 3. The third-order valence-corrected chi connectivity index (χ3v) is 5.20. The number of nitrogens with one attached hydrogen (secondary N) is 1. The Labute approximate surface area is 168 Å². The summed E-state index contributed by atoms with van der Waals surface area (Å²) < 4.78 is 0. The highest BCUT2D eigenvalue weighted by atomic mass is 35.5. The fourth-order valence-electron chi connectivity index (χ4n) is 3.37. The van der Waals surface area contributed by atoms with Gasteiger partial charge < -0.3 is 10.2 Å². The molecular formula is C21H20ClN5O. The summed E-state index contributed by atoms with van der Waals surface area (Å²) in [5.41, 5.74) is 2.42. The summed E-state index contributed by atoms with van der Waals surface area (Å²) in [7, 11) is 0. The standard InChI is InChI=1S/C21H20ClN5O/c22-17-5-1-2-6-19(17)24-21(28)16-4-3-13-27(14-16)20-8-7-18(25-26-20)15-9-11-23-12-10-15/h1-2,5-12,16H,3-4,13-14H2,(H,24,28). The number of amides is 1. The van der Waals surface area contributed by atoms with Crippen LogP contribution in [0, 0.1) is 5.92 Å². The zero-order valence-electron chi connectivity index (χ0n) is 15.3. The molecule has 6 nitrogen and oxygen atoms in total. The lowest BCUT2D eigenvalue weighted by Crippen LogP contribution is -2.41. The topological polar surface area (TPSA) is 71.0 Å². The number of hydrogen-bond donors (Lipinski definition) is 1. The van der Waals surface area contributed by atoms with Crippen molar-refractivity contribution in [1.29, 1.82) is 0 Å². The van der Waals surface area contributed by atoms with Crippen LogP contribution in [0.1, 0.15) is 12.8 Å². The Kier molecular flexibility index (Phi) is 5.48. The van der Waals surface area contributed by atoms with Crippen molar-refractivity contribution in [2.75, 3.05) is 23.3 Å². The van der Waals surface area contributed by atoms with Gasteiger partial charge in [0.2, 0.25) is 5.91 Å². The summed E-state index contributed by atoms with van der Waals surface area (Å²) in [6.45, 7) is 1.47. The Bertz CT molecular complexity index is 949. The average Bonchev–Trinajstić information content (AvgIpc) is 2.76. The van der Waals surface area contributed by atoms with Gasteiger partial charge in [-0.1, -0.05) is 23.7 Å². The zero-order chi connectivity index (χ0) is 19.3. The number of carbonyl (C=O) groups is 1. The quantitative estimate of drug-likeness (QED) is 0.724. The highest BCUT2D eigenvalue weighted by molar-refractivity contribution is 6.33. The van der Waals surface area contributed by atoms with Crippen molar-refractivity contribution in [3.05, 3.63) is 65.9 Å². The molecule has 4 rings (SSSR count). The molecule has 1 aliphatic heterocycles. The van der Waals surface area contributed by atoms with Crippen molar-refractivity contribution in [2.24, 2.45) is 5.92 Å². The number of piperidine rings is 1. The minimum atomic E-state index is -0.119. The maximum absolute atomic E-state index is 12.7. The first-order valence-corrected chi connectivity index (χ1v) is 9.63. The Balaban J connectivity index is 1.43. The summed E-state index contributed by atoms with van der Waals surface area (Å²) in [6, 6.07) is 15.0. The molecule has 142 valence electrons. The van der Waals surface area contributed by atoms with Crippen LogP contribution in [-0.2, 0) is 4.79 Å². The van der Waals surface area contributed by atoms with E-state index >= 15 is 0 Å². The molecule has 1 N–H and O–H groups in total. The Hall–Kier alpha value is -2.99. The van der Waals surface area contributed by atoms with Gasteiger partial charge in [0.15, 0.2) is 5.82 Å². The molecule has 0 bridgehead atoms. The van der Waals surface area contributed by atoms with Crippen molar-refractivity contribution >= 4 is 29.0 Å². The summed E-state index contributed by atoms with van der Waals surface area (Å²) >= 11 is 6.15. The lowest BCUT2D eigenvalue weighted by Gasteiger charge is -2.32. The number of pyridine rings is 1. The molecule has 0 saturated carbocycles. The molecule has 1 aliphatic rings. The van der Waals surface area contributed by atoms with Crippen LogP contribution in [0.4, 0.5) is 11.5 Å². The molecular weight excluding hydrogens is 374 g/mol. The third kappa shape index (κ3) is 4.12. The number of para-hydroxylation sites is 1. The molecule has 0 radical (unpaired) electrons. The minimum Gasteiger partial charge on any atom is -0.354 e. The van der Waals surface area contributed by atoms with Gasteiger partial charge in [0.25, 0.3) is 0 Å². The Morgan fingerprint density at radius 1 is 1.07 bits per heavy atom. The van der Waals surface area contributed by atoms with E-state index in [0.29, 0.717) is 17.3 Å². The van der Waals surface area contributed by atoms with E-state index in [1.54, 1.807) is 18.5 Å². The molecule has 1 unspecified atom stereocenters. The molecule has 7 heteroatoms. The largest absolute Gasteiger partial charge is 0.354 e.